The molecule has 15 heavy (non-hydrogen) atoms. The minimum Gasteiger partial charge on any atom is -0.393 e. The van der Waals surface area contributed by atoms with E-state index < -0.39 is 6.10 Å². The van der Waals surface area contributed by atoms with Crippen LogP contribution in [0.25, 0.3) is 10.4 Å². The molecular formula is C10H19N3O2. The molecule has 0 aromatic rings. The van der Waals surface area contributed by atoms with Crippen molar-refractivity contribution in [2.24, 2.45) is 11.0 Å². The molecule has 5 heteroatoms. The molecule has 1 fully saturated rings. The molecule has 0 aromatic carbocycles. The number of hydrogen-bond acceptors (Lipinski definition) is 3. The topological polar surface area (TPSA) is 89.2 Å². The molecule has 5 nitrogen and oxygen atoms in total. The molecule has 0 heterocycles. The molecule has 0 aromatic heterocycles. The van der Waals surface area contributed by atoms with E-state index in [1.54, 1.807) is 0 Å². The minimum absolute atomic E-state index is 0.111. The van der Waals surface area contributed by atoms with Gasteiger partial charge in [-0.25, -0.2) is 0 Å². The monoisotopic (exact) mass is 213 g/mol. The Morgan fingerprint density at radius 1 is 1.33 bits per heavy atom. The normalized spacial score (nSPS) is 28.9. The molecule has 1 rings (SSSR count). The van der Waals surface area contributed by atoms with Gasteiger partial charge >= 0.3 is 0 Å². The molecule has 3 atom stereocenters. The zero-order valence-corrected chi connectivity index (χ0v) is 8.92. The van der Waals surface area contributed by atoms with Crippen molar-refractivity contribution in [1.82, 2.24) is 0 Å². The minimum atomic E-state index is -0.612. The number of azide groups is 1. The van der Waals surface area contributed by atoms with Gasteiger partial charge in [-0.05, 0) is 30.7 Å². The van der Waals surface area contributed by atoms with Crippen molar-refractivity contribution in [1.29, 1.82) is 0 Å². The lowest BCUT2D eigenvalue weighted by molar-refractivity contribution is 0.0596. The van der Waals surface area contributed by atoms with Gasteiger partial charge in [0.2, 0.25) is 0 Å². The Morgan fingerprint density at radius 2 is 2.07 bits per heavy atom. The molecule has 0 spiro atoms. The van der Waals surface area contributed by atoms with E-state index in [0.29, 0.717) is 6.42 Å². The van der Waals surface area contributed by atoms with Gasteiger partial charge in [0.05, 0.1) is 18.8 Å². The fourth-order valence-corrected chi connectivity index (χ4v) is 2.19. The number of nitrogens with zero attached hydrogens (tertiary/aromatic N) is 3. The van der Waals surface area contributed by atoms with Crippen molar-refractivity contribution in [3.63, 3.8) is 0 Å². The Hall–Kier alpha value is -0.770. The first-order valence-corrected chi connectivity index (χ1v) is 5.61. The van der Waals surface area contributed by atoms with Gasteiger partial charge in [-0.2, -0.15) is 0 Å². The van der Waals surface area contributed by atoms with Crippen molar-refractivity contribution in [3.8, 4) is 0 Å². The van der Waals surface area contributed by atoms with Gasteiger partial charge in [0.25, 0.3) is 0 Å². The summed E-state index contributed by atoms with van der Waals surface area (Å²) in [6.45, 7) is 0.111. The lowest BCUT2D eigenvalue weighted by atomic mass is 9.91. The standard InChI is InChI=1S/C10H19N3O2/c11-13-12-7-9(14)6-8-4-2-1-3-5-10(8)15/h8-10,14-15H,1-7H2/t8-,9+,10-/m0/s1. The molecule has 0 aliphatic heterocycles. The van der Waals surface area contributed by atoms with Crippen molar-refractivity contribution in [3.05, 3.63) is 10.4 Å². The van der Waals surface area contributed by atoms with Crippen LogP contribution >= 0.6 is 0 Å². The maximum absolute atomic E-state index is 9.81. The van der Waals surface area contributed by atoms with Gasteiger partial charge in [0, 0.05) is 4.91 Å². The largest absolute Gasteiger partial charge is 0.393 e. The molecule has 86 valence electrons. The second kappa shape index (κ2) is 6.67. The summed E-state index contributed by atoms with van der Waals surface area (Å²) >= 11 is 0. The Labute approximate surface area is 89.7 Å². The second-order valence-corrected chi connectivity index (χ2v) is 4.27. The molecule has 2 N–H and O–H groups in total. The van der Waals surface area contributed by atoms with Gasteiger partial charge in [-0.3, -0.25) is 0 Å². The summed E-state index contributed by atoms with van der Waals surface area (Å²) in [6, 6.07) is 0. The van der Waals surface area contributed by atoms with Crippen LogP contribution in [0.5, 0.6) is 0 Å². The van der Waals surface area contributed by atoms with Crippen LogP contribution in [0.2, 0.25) is 0 Å². The van der Waals surface area contributed by atoms with Crippen LogP contribution in [0.4, 0.5) is 0 Å². The van der Waals surface area contributed by atoms with Crippen LogP contribution in [-0.4, -0.2) is 29.0 Å². The molecule has 1 aliphatic carbocycles. The molecule has 0 saturated heterocycles. The fourth-order valence-electron chi connectivity index (χ4n) is 2.19. The number of aliphatic hydroxyl groups is 2. The van der Waals surface area contributed by atoms with Gasteiger partial charge in [0.1, 0.15) is 0 Å². The van der Waals surface area contributed by atoms with Crippen LogP contribution in [0.1, 0.15) is 38.5 Å². The average Bonchev–Trinajstić information content (AvgIpc) is 2.42. The maximum atomic E-state index is 9.81. The fraction of sp³-hybridized carbons (Fsp3) is 1.00. The quantitative estimate of drug-likeness (QED) is 0.323. The summed E-state index contributed by atoms with van der Waals surface area (Å²) in [5, 5.41) is 22.7. The lowest BCUT2D eigenvalue weighted by Crippen LogP contribution is -2.25. The van der Waals surface area contributed by atoms with E-state index in [4.69, 9.17) is 5.53 Å². The van der Waals surface area contributed by atoms with Crippen molar-refractivity contribution >= 4 is 0 Å². The van der Waals surface area contributed by atoms with E-state index in [9.17, 15) is 10.2 Å². The summed E-state index contributed by atoms with van der Waals surface area (Å²) in [7, 11) is 0. The van der Waals surface area contributed by atoms with Crippen LogP contribution in [0.15, 0.2) is 5.11 Å². The first-order valence-electron chi connectivity index (χ1n) is 5.61. The van der Waals surface area contributed by atoms with Gasteiger partial charge in [0.15, 0.2) is 0 Å². The summed E-state index contributed by atoms with van der Waals surface area (Å²) in [4.78, 5) is 2.61. The third kappa shape index (κ3) is 4.51. The number of rotatable bonds is 4. The van der Waals surface area contributed by atoms with Crippen LogP contribution in [-0.2, 0) is 0 Å². The van der Waals surface area contributed by atoms with E-state index in [0.717, 1.165) is 25.7 Å². The highest BCUT2D eigenvalue weighted by Crippen LogP contribution is 2.27. The molecule has 0 amide bonds. The van der Waals surface area contributed by atoms with Crippen molar-refractivity contribution < 1.29 is 10.2 Å². The highest BCUT2D eigenvalue weighted by molar-refractivity contribution is 4.76. The molecule has 0 bridgehead atoms. The lowest BCUT2D eigenvalue weighted by Gasteiger charge is -2.22. The highest BCUT2D eigenvalue weighted by Gasteiger charge is 2.23. The van der Waals surface area contributed by atoms with Crippen LogP contribution < -0.4 is 0 Å². The van der Waals surface area contributed by atoms with Crippen LogP contribution in [0.3, 0.4) is 0 Å². The SMILES string of the molecule is [N-]=[N+]=NC[C@H](O)C[C@@H]1CCCCC[C@@H]1O. The summed E-state index contributed by atoms with van der Waals surface area (Å²) in [6.07, 6.45) is 4.79. The second-order valence-electron chi connectivity index (χ2n) is 4.27. The summed E-state index contributed by atoms with van der Waals surface area (Å²) < 4.78 is 0. The molecule has 0 unspecified atom stereocenters. The zero-order chi connectivity index (χ0) is 11.1. The van der Waals surface area contributed by atoms with Gasteiger partial charge in [-0.15, -0.1) is 0 Å². The Bertz CT molecular complexity index is 229. The first kappa shape index (κ1) is 12.3. The maximum Gasteiger partial charge on any atom is 0.0600 e. The summed E-state index contributed by atoms with van der Waals surface area (Å²) in [5.74, 6) is 0.163. The van der Waals surface area contributed by atoms with E-state index >= 15 is 0 Å². The average molecular weight is 213 g/mol. The third-order valence-corrected chi connectivity index (χ3v) is 3.05. The van der Waals surface area contributed by atoms with E-state index in [1.165, 1.54) is 6.42 Å². The number of hydrogen-bond donors (Lipinski definition) is 2. The van der Waals surface area contributed by atoms with Gasteiger partial charge in [-0.1, -0.05) is 24.4 Å². The highest BCUT2D eigenvalue weighted by atomic mass is 16.3. The Balaban J connectivity index is 2.36. The Kier molecular flexibility index (Phi) is 5.47. The van der Waals surface area contributed by atoms with Crippen LogP contribution in [0, 0.1) is 5.92 Å². The van der Waals surface area contributed by atoms with E-state index in [-0.39, 0.29) is 18.6 Å². The predicted molar refractivity (Wildman–Crippen MR) is 57.2 cm³/mol. The third-order valence-electron chi connectivity index (χ3n) is 3.05. The van der Waals surface area contributed by atoms with Crippen molar-refractivity contribution in [2.45, 2.75) is 50.7 Å². The first-order chi connectivity index (χ1) is 7.24. The van der Waals surface area contributed by atoms with Crippen molar-refractivity contribution in [2.75, 3.05) is 6.54 Å². The van der Waals surface area contributed by atoms with E-state index in [1.807, 2.05) is 0 Å². The molecular weight excluding hydrogens is 194 g/mol. The zero-order valence-electron chi connectivity index (χ0n) is 8.92. The number of aliphatic hydroxyl groups excluding tert-OH is 2. The summed E-state index contributed by atoms with van der Waals surface area (Å²) in [5.41, 5.74) is 8.12. The van der Waals surface area contributed by atoms with E-state index in [2.05, 4.69) is 10.0 Å². The Morgan fingerprint density at radius 3 is 2.80 bits per heavy atom. The molecule has 0 radical (unpaired) electrons. The predicted octanol–water partition coefficient (Wildman–Crippen LogP) is 1.99. The van der Waals surface area contributed by atoms with Gasteiger partial charge < -0.3 is 10.2 Å². The molecule has 1 saturated carbocycles. The molecule has 1 aliphatic rings. The smallest absolute Gasteiger partial charge is 0.0600 e.